The number of aryl methyl sites for hydroxylation is 1. The van der Waals surface area contributed by atoms with Gasteiger partial charge in [-0.3, -0.25) is 24.5 Å². The number of ether oxygens (including phenoxy) is 1. The lowest BCUT2D eigenvalue weighted by Crippen LogP contribution is -2.53. The van der Waals surface area contributed by atoms with E-state index >= 15 is 0 Å². The van der Waals surface area contributed by atoms with Gasteiger partial charge >= 0.3 is 7.12 Å². The molecule has 0 aliphatic carbocycles. The zero-order chi connectivity index (χ0) is 33.1. The van der Waals surface area contributed by atoms with E-state index in [1.165, 1.54) is 5.69 Å². The van der Waals surface area contributed by atoms with Crippen LogP contribution in [0, 0.1) is 0 Å². The van der Waals surface area contributed by atoms with Crippen LogP contribution in [-0.4, -0.2) is 97.2 Å². The van der Waals surface area contributed by atoms with E-state index in [1.807, 2.05) is 23.9 Å². The van der Waals surface area contributed by atoms with E-state index in [-0.39, 0.29) is 30.1 Å². The molecule has 1 atom stereocenters. The number of aromatic nitrogens is 2. The van der Waals surface area contributed by atoms with Crippen molar-refractivity contribution >= 4 is 46.7 Å². The average molecular weight is 643 g/mol. The highest BCUT2D eigenvalue weighted by atomic mass is 16.7. The van der Waals surface area contributed by atoms with Gasteiger partial charge in [-0.1, -0.05) is 12.1 Å². The number of carbonyl (C=O) groups excluding carboxylic acids is 2. The number of fused-ring (bicyclic) bond motifs is 1. The molecule has 250 valence electrons. The maximum absolute atomic E-state index is 12.7. The van der Waals surface area contributed by atoms with Crippen LogP contribution in [0.15, 0.2) is 36.4 Å². The van der Waals surface area contributed by atoms with Crippen molar-refractivity contribution < 1.29 is 23.6 Å². The first-order valence-corrected chi connectivity index (χ1v) is 17.0. The van der Waals surface area contributed by atoms with Crippen molar-refractivity contribution in [1.82, 2.24) is 20.0 Å². The molecule has 0 saturated carbocycles. The predicted octanol–water partition coefficient (Wildman–Crippen LogP) is 3.19. The van der Waals surface area contributed by atoms with Gasteiger partial charge in [-0.2, -0.15) is 5.10 Å². The van der Waals surface area contributed by atoms with Crippen molar-refractivity contribution in [3.05, 3.63) is 42.1 Å². The fourth-order valence-electron chi connectivity index (χ4n) is 7.66. The second-order valence-corrected chi connectivity index (χ2v) is 14.4. The molecule has 2 aromatic carbocycles. The van der Waals surface area contributed by atoms with Crippen LogP contribution in [0.5, 0.6) is 5.75 Å². The molecular weight excluding hydrogens is 595 g/mol. The third-order valence-electron chi connectivity index (χ3n) is 11.2. The summed E-state index contributed by atoms with van der Waals surface area (Å²) >= 11 is 0. The minimum absolute atomic E-state index is 0.217. The number of nitrogens with zero attached hydrogens (tertiary/aromatic N) is 5. The Morgan fingerprint density at radius 1 is 0.872 bits per heavy atom. The third-order valence-corrected chi connectivity index (χ3v) is 11.2. The van der Waals surface area contributed by atoms with E-state index in [1.54, 1.807) is 7.11 Å². The van der Waals surface area contributed by atoms with Crippen LogP contribution < -0.4 is 25.3 Å². The van der Waals surface area contributed by atoms with Gasteiger partial charge in [0, 0.05) is 69.9 Å². The molecule has 0 bridgehead atoms. The molecule has 1 unspecified atom stereocenters. The highest BCUT2D eigenvalue weighted by molar-refractivity contribution is 6.62. The highest BCUT2D eigenvalue weighted by Crippen LogP contribution is 2.41. The second-order valence-electron chi connectivity index (χ2n) is 14.4. The SMILES string of the molecule is COc1ccc2c(C3CCC(=O)NC3=O)nn(C)c2c1N1CCN(C2CCN(c3ccc(B4OC(C)(C)C(C)(C)O4)cc3)CC2)CC1. The standard InChI is InChI=1S/C35H47BN6O5/c1-34(2)35(3,4)47-36(46-34)23-7-9-24(10-8-23)40-17-15-25(16-18-40)41-19-21-42(22-20-41)32-28(45-6)13-11-26-30(38-39(5)31(26)32)27-12-14-29(43)37-33(27)44/h7-11,13,25,27H,12,14-22H2,1-6H3,(H,37,43,44). The maximum atomic E-state index is 12.7. The van der Waals surface area contributed by atoms with Crippen LogP contribution in [0.2, 0.25) is 0 Å². The number of imide groups is 1. The first kappa shape index (κ1) is 32.0. The molecule has 4 aliphatic heterocycles. The van der Waals surface area contributed by atoms with Gasteiger partial charge in [-0.05, 0) is 76.7 Å². The number of hydrogen-bond donors (Lipinski definition) is 1. The number of amides is 2. The molecule has 4 fully saturated rings. The summed E-state index contributed by atoms with van der Waals surface area (Å²) in [6.07, 6.45) is 3.07. The lowest BCUT2D eigenvalue weighted by Gasteiger charge is -2.44. The van der Waals surface area contributed by atoms with Crippen molar-refractivity contribution in [2.45, 2.75) is 76.5 Å². The molecule has 2 amide bonds. The highest BCUT2D eigenvalue weighted by Gasteiger charge is 2.51. The van der Waals surface area contributed by atoms with Crippen molar-refractivity contribution in [1.29, 1.82) is 0 Å². The molecule has 11 nitrogen and oxygen atoms in total. The Morgan fingerprint density at radius 2 is 1.53 bits per heavy atom. The first-order chi connectivity index (χ1) is 22.5. The molecule has 1 N–H and O–H groups in total. The van der Waals surface area contributed by atoms with Gasteiger partial charge in [0.05, 0.1) is 35.4 Å². The normalized spacial score (nSPS) is 23.9. The molecule has 4 saturated heterocycles. The Labute approximate surface area is 277 Å². The number of rotatable bonds is 6. The van der Waals surface area contributed by atoms with Gasteiger partial charge in [0.1, 0.15) is 11.4 Å². The lowest BCUT2D eigenvalue weighted by atomic mass is 9.79. The molecule has 4 aliphatic rings. The van der Waals surface area contributed by atoms with Crippen LogP contribution in [0.25, 0.3) is 10.9 Å². The van der Waals surface area contributed by atoms with Crippen molar-refractivity contribution in [2.24, 2.45) is 7.05 Å². The van der Waals surface area contributed by atoms with Crippen LogP contribution in [0.3, 0.4) is 0 Å². The number of piperazine rings is 1. The maximum Gasteiger partial charge on any atom is 0.494 e. The lowest BCUT2D eigenvalue weighted by molar-refractivity contribution is -0.134. The number of benzene rings is 2. The number of nitrogens with one attached hydrogen (secondary N) is 1. The van der Waals surface area contributed by atoms with Crippen LogP contribution in [0.4, 0.5) is 11.4 Å². The number of anilines is 2. The summed E-state index contributed by atoms with van der Waals surface area (Å²) in [6.45, 7) is 14.1. The average Bonchev–Trinajstić information content (AvgIpc) is 3.51. The minimum atomic E-state index is -0.437. The molecule has 0 spiro atoms. The molecule has 1 aromatic heterocycles. The van der Waals surface area contributed by atoms with Crippen LogP contribution >= 0.6 is 0 Å². The predicted molar refractivity (Wildman–Crippen MR) is 184 cm³/mol. The van der Waals surface area contributed by atoms with Gasteiger partial charge in [-0.25, -0.2) is 0 Å². The topological polar surface area (TPSA) is 101 Å². The van der Waals surface area contributed by atoms with Gasteiger partial charge < -0.3 is 23.8 Å². The van der Waals surface area contributed by atoms with E-state index in [0.29, 0.717) is 18.9 Å². The molecule has 47 heavy (non-hydrogen) atoms. The van der Waals surface area contributed by atoms with Crippen LogP contribution in [-0.2, 0) is 25.9 Å². The second kappa shape index (κ2) is 12.1. The Bertz CT molecular complexity index is 1640. The molecule has 12 heteroatoms. The monoisotopic (exact) mass is 642 g/mol. The van der Waals surface area contributed by atoms with E-state index in [9.17, 15) is 9.59 Å². The fraction of sp³-hybridized carbons (Fsp3) is 0.571. The van der Waals surface area contributed by atoms with Crippen molar-refractivity contribution in [3.8, 4) is 5.75 Å². The van der Waals surface area contributed by atoms with E-state index in [4.69, 9.17) is 19.1 Å². The summed E-state index contributed by atoms with van der Waals surface area (Å²) in [7, 11) is 3.29. The van der Waals surface area contributed by atoms with Crippen LogP contribution in [0.1, 0.15) is 65.0 Å². The van der Waals surface area contributed by atoms with E-state index < -0.39 is 5.92 Å². The zero-order valence-electron chi connectivity index (χ0n) is 28.5. The first-order valence-electron chi connectivity index (χ1n) is 17.0. The largest absolute Gasteiger partial charge is 0.494 e. The quantitative estimate of drug-likeness (QED) is 0.321. The number of piperidine rings is 2. The molecule has 0 radical (unpaired) electrons. The molecule has 5 heterocycles. The molecule has 3 aromatic rings. The Balaban J connectivity index is 0.985. The van der Waals surface area contributed by atoms with Crippen molar-refractivity contribution in [2.75, 3.05) is 56.2 Å². The number of methoxy groups -OCH3 is 1. The van der Waals surface area contributed by atoms with Gasteiger partial charge in [0.25, 0.3) is 0 Å². The Hall–Kier alpha value is -3.61. The van der Waals surface area contributed by atoms with Gasteiger partial charge in [0.2, 0.25) is 11.8 Å². The van der Waals surface area contributed by atoms with E-state index in [2.05, 4.69) is 72.0 Å². The summed E-state index contributed by atoms with van der Waals surface area (Å²) in [5.74, 6) is -0.114. The summed E-state index contributed by atoms with van der Waals surface area (Å²) < 4.78 is 20.2. The Kier molecular flexibility index (Phi) is 8.25. The summed E-state index contributed by atoms with van der Waals surface area (Å²) in [4.78, 5) is 32.1. The smallest absolute Gasteiger partial charge is 0.494 e. The fourth-order valence-corrected chi connectivity index (χ4v) is 7.66. The Morgan fingerprint density at radius 3 is 2.15 bits per heavy atom. The third kappa shape index (κ3) is 5.78. The zero-order valence-corrected chi connectivity index (χ0v) is 28.5. The number of hydrogen-bond acceptors (Lipinski definition) is 9. The minimum Gasteiger partial charge on any atom is -0.494 e. The molecule has 7 rings (SSSR count). The summed E-state index contributed by atoms with van der Waals surface area (Å²) in [5, 5.41) is 8.24. The summed E-state index contributed by atoms with van der Waals surface area (Å²) in [5.41, 5.74) is 4.34. The van der Waals surface area contributed by atoms with E-state index in [0.717, 1.165) is 85.6 Å². The number of carbonyl (C=O) groups is 2. The van der Waals surface area contributed by atoms with Crippen molar-refractivity contribution in [3.63, 3.8) is 0 Å². The summed E-state index contributed by atoms with van der Waals surface area (Å²) in [6, 6.07) is 13.2. The van der Waals surface area contributed by atoms with Gasteiger partial charge in [-0.15, -0.1) is 0 Å². The molecular formula is C35H47BN6O5. The van der Waals surface area contributed by atoms with Gasteiger partial charge in [0.15, 0.2) is 0 Å².